The van der Waals surface area contributed by atoms with Crippen molar-refractivity contribution in [2.24, 2.45) is 0 Å². The van der Waals surface area contributed by atoms with Crippen LogP contribution in [0.5, 0.6) is 0 Å². The molecule has 0 aromatic heterocycles. The first kappa shape index (κ1) is 13.8. The molecule has 0 unspecified atom stereocenters. The van der Waals surface area contributed by atoms with Crippen LogP contribution in [-0.4, -0.2) is 22.2 Å². The zero-order chi connectivity index (χ0) is 14.9. The van der Waals surface area contributed by atoms with Gasteiger partial charge in [-0.15, -0.1) is 0 Å². The lowest BCUT2D eigenvalue weighted by Gasteiger charge is -2.13. The Kier molecular flexibility index (Phi) is 3.57. The molecule has 0 aliphatic carbocycles. The van der Waals surface area contributed by atoms with Gasteiger partial charge in [0.15, 0.2) is 0 Å². The summed E-state index contributed by atoms with van der Waals surface area (Å²) in [5.74, 6) is -1.98. The zero-order valence-corrected chi connectivity index (χ0v) is 11.2. The third kappa shape index (κ3) is 2.28. The highest BCUT2D eigenvalue weighted by molar-refractivity contribution is 5.95. The van der Waals surface area contributed by atoms with E-state index in [1.807, 2.05) is 0 Å². The summed E-state index contributed by atoms with van der Waals surface area (Å²) in [6.45, 7) is 3.46. The number of benzene rings is 2. The van der Waals surface area contributed by atoms with Crippen molar-refractivity contribution in [2.45, 2.75) is 13.8 Å². The van der Waals surface area contributed by atoms with E-state index in [4.69, 9.17) is 10.2 Å². The summed E-state index contributed by atoms with van der Waals surface area (Å²) in [6, 6.07) is 10.0. The Morgan fingerprint density at radius 2 is 1.10 bits per heavy atom. The van der Waals surface area contributed by atoms with E-state index < -0.39 is 11.9 Å². The number of aromatic carboxylic acids is 2. The number of hydrogen-bond donors (Lipinski definition) is 2. The first-order valence-electron chi connectivity index (χ1n) is 6.09. The molecule has 0 saturated carbocycles. The van der Waals surface area contributed by atoms with E-state index in [1.165, 1.54) is 12.1 Å². The van der Waals surface area contributed by atoms with E-state index in [2.05, 4.69) is 0 Å². The second-order valence-electron chi connectivity index (χ2n) is 4.57. The molecule has 2 N–H and O–H groups in total. The molecule has 0 fully saturated rings. The van der Waals surface area contributed by atoms with Crippen molar-refractivity contribution in [1.82, 2.24) is 0 Å². The van der Waals surface area contributed by atoms with Crippen LogP contribution < -0.4 is 0 Å². The van der Waals surface area contributed by atoms with E-state index in [-0.39, 0.29) is 11.1 Å². The fourth-order valence-corrected chi connectivity index (χ4v) is 2.32. The molecule has 4 heteroatoms. The SMILES string of the molecule is Cc1c(C(=O)O)cccc1-c1cccc(C(=O)O)c1C. The van der Waals surface area contributed by atoms with Gasteiger partial charge in [0.25, 0.3) is 0 Å². The standard InChI is InChI=1S/C16H14O4/c1-9-11(5-3-7-13(9)15(17)18)12-6-4-8-14(10(12)2)16(19)20/h3-8H,1-2H3,(H,17,18)(H,19,20). The van der Waals surface area contributed by atoms with Crippen molar-refractivity contribution in [3.8, 4) is 11.1 Å². The Balaban J connectivity index is 2.70. The number of carbonyl (C=O) groups is 2. The predicted octanol–water partition coefficient (Wildman–Crippen LogP) is 3.37. The van der Waals surface area contributed by atoms with E-state index in [1.54, 1.807) is 38.1 Å². The number of carboxylic acids is 2. The van der Waals surface area contributed by atoms with Gasteiger partial charge in [-0.1, -0.05) is 24.3 Å². The van der Waals surface area contributed by atoms with Crippen molar-refractivity contribution in [1.29, 1.82) is 0 Å². The Labute approximate surface area is 116 Å². The van der Waals surface area contributed by atoms with Crippen LogP contribution in [0.2, 0.25) is 0 Å². The fraction of sp³-hybridized carbons (Fsp3) is 0.125. The maximum atomic E-state index is 11.2. The van der Waals surface area contributed by atoms with Gasteiger partial charge in [0.05, 0.1) is 11.1 Å². The molecule has 2 rings (SSSR count). The Morgan fingerprint density at radius 3 is 1.40 bits per heavy atom. The van der Waals surface area contributed by atoms with Crippen LogP contribution >= 0.6 is 0 Å². The zero-order valence-electron chi connectivity index (χ0n) is 11.2. The highest BCUT2D eigenvalue weighted by Crippen LogP contribution is 2.30. The average Bonchev–Trinajstić information content (AvgIpc) is 2.39. The Morgan fingerprint density at radius 1 is 0.750 bits per heavy atom. The second kappa shape index (κ2) is 5.17. The summed E-state index contributed by atoms with van der Waals surface area (Å²) < 4.78 is 0. The molecule has 0 bridgehead atoms. The van der Waals surface area contributed by atoms with Gasteiger partial charge in [-0.2, -0.15) is 0 Å². The quantitative estimate of drug-likeness (QED) is 0.896. The minimum Gasteiger partial charge on any atom is -0.478 e. The lowest BCUT2D eigenvalue weighted by molar-refractivity contribution is 0.0685. The van der Waals surface area contributed by atoms with E-state index in [9.17, 15) is 9.59 Å². The van der Waals surface area contributed by atoms with E-state index in [0.717, 1.165) is 11.1 Å². The maximum Gasteiger partial charge on any atom is 0.335 e. The maximum absolute atomic E-state index is 11.2. The second-order valence-corrected chi connectivity index (χ2v) is 4.57. The summed E-state index contributed by atoms with van der Waals surface area (Å²) in [5, 5.41) is 18.3. The molecule has 0 spiro atoms. The van der Waals surface area contributed by atoms with Gasteiger partial charge in [-0.3, -0.25) is 0 Å². The van der Waals surface area contributed by atoms with Crippen molar-refractivity contribution in [2.75, 3.05) is 0 Å². The normalized spacial score (nSPS) is 10.3. The number of hydrogen-bond acceptors (Lipinski definition) is 2. The van der Waals surface area contributed by atoms with Gasteiger partial charge in [-0.05, 0) is 48.2 Å². The van der Waals surface area contributed by atoms with Crippen LogP contribution in [0, 0.1) is 13.8 Å². The molecule has 102 valence electrons. The largest absolute Gasteiger partial charge is 0.478 e. The third-order valence-corrected chi connectivity index (χ3v) is 3.42. The molecule has 0 atom stereocenters. The van der Waals surface area contributed by atoms with Gasteiger partial charge in [0.2, 0.25) is 0 Å². The van der Waals surface area contributed by atoms with Gasteiger partial charge in [0.1, 0.15) is 0 Å². The van der Waals surface area contributed by atoms with Crippen LogP contribution in [0.4, 0.5) is 0 Å². The van der Waals surface area contributed by atoms with E-state index >= 15 is 0 Å². The van der Waals surface area contributed by atoms with Crippen molar-refractivity contribution >= 4 is 11.9 Å². The van der Waals surface area contributed by atoms with Crippen LogP contribution in [0.25, 0.3) is 11.1 Å². The molecule has 2 aromatic carbocycles. The smallest absolute Gasteiger partial charge is 0.335 e. The van der Waals surface area contributed by atoms with Crippen molar-refractivity contribution in [3.05, 3.63) is 58.7 Å². The molecule has 0 radical (unpaired) electrons. The third-order valence-electron chi connectivity index (χ3n) is 3.42. The molecule has 0 amide bonds. The molecule has 2 aromatic rings. The van der Waals surface area contributed by atoms with Crippen LogP contribution in [0.15, 0.2) is 36.4 Å². The van der Waals surface area contributed by atoms with Gasteiger partial charge < -0.3 is 10.2 Å². The minimum absolute atomic E-state index is 0.225. The average molecular weight is 270 g/mol. The van der Waals surface area contributed by atoms with Crippen LogP contribution in [-0.2, 0) is 0 Å². The first-order chi connectivity index (χ1) is 9.43. The predicted molar refractivity (Wildman–Crippen MR) is 75.3 cm³/mol. The fourth-order valence-electron chi connectivity index (χ4n) is 2.32. The summed E-state index contributed by atoms with van der Waals surface area (Å²) in [4.78, 5) is 22.3. The molecule has 0 aliphatic rings. The highest BCUT2D eigenvalue weighted by atomic mass is 16.4. The van der Waals surface area contributed by atoms with Crippen LogP contribution in [0.3, 0.4) is 0 Å². The molecular weight excluding hydrogens is 256 g/mol. The van der Waals surface area contributed by atoms with Crippen LogP contribution in [0.1, 0.15) is 31.8 Å². The molecule has 0 aliphatic heterocycles. The van der Waals surface area contributed by atoms with Crippen molar-refractivity contribution < 1.29 is 19.8 Å². The van der Waals surface area contributed by atoms with E-state index in [0.29, 0.717) is 11.1 Å². The van der Waals surface area contributed by atoms with Gasteiger partial charge >= 0.3 is 11.9 Å². The monoisotopic (exact) mass is 270 g/mol. The van der Waals surface area contributed by atoms with Crippen molar-refractivity contribution in [3.63, 3.8) is 0 Å². The topological polar surface area (TPSA) is 74.6 Å². The molecule has 0 heterocycles. The van der Waals surface area contributed by atoms with Gasteiger partial charge in [-0.25, -0.2) is 9.59 Å². The minimum atomic E-state index is -0.989. The summed E-state index contributed by atoms with van der Waals surface area (Å²) in [6.07, 6.45) is 0. The Hall–Kier alpha value is -2.62. The number of rotatable bonds is 3. The molecule has 0 saturated heterocycles. The summed E-state index contributed by atoms with van der Waals surface area (Å²) >= 11 is 0. The Bertz CT molecular complexity index is 640. The molecule has 20 heavy (non-hydrogen) atoms. The van der Waals surface area contributed by atoms with Gasteiger partial charge in [0, 0.05) is 0 Å². The summed E-state index contributed by atoms with van der Waals surface area (Å²) in [5.41, 5.74) is 3.19. The first-order valence-corrected chi connectivity index (χ1v) is 6.09. The summed E-state index contributed by atoms with van der Waals surface area (Å²) in [7, 11) is 0. The number of carboxylic acid groups (broad SMARTS) is 2. The highest BCUT2D eigenvalue weighted by Gasteiger charge is 2.15. The lowest BCUT2D eigenvalue weighted by Crippen LogP contribution is -2.03. The molecule has 4 nitrogen and oxygen atoms in total. The molecular formula is C16H14O4. The lowest BCUT2D eigenvalue weighted by atomic mass is 9.91.